The first-order valence-electron chi connectivity index (χ1n) is 5.51. The van der Waals surface area contributed by atoms with Gasteiger partial charge in [0, 0.05) is 5.69 Å². The van der Waals surface area contributed by atoms with Crippen molar-refractivity contribution in [1.29, 1.82) is 5.26 Å². The third kappa shape index (κ3) is 2.64. The molecular weight excluding hydrogens is 242 g/mol. The van der Waals surface area contributed by atoms with E-state index < -0.39 is 5.97 Å². The van der Waals surface area contributed by atoms with Gasteiger partial charge in [0.2, 0.25) is 0 Å². The molecule has 5 heteroatoms. The van der Waals surface area contributed by atoms with Gasteiger partial charge < -0.3 is 16.2 Å². The van der Waals surface area contributed by atoms with Crippen LogP contribution < -0.4 is 11.1 Å². The zero-order valence-corrected chi connectivity index (χ0v) is 9.92. The van der Waals surface area contributed by atoms with Crippen LogP contribution >= 0.6 is 0 Å². The minimum absolute atomic E-state index is 0.0543. The molecule has 0 spiro atoms. The quantitative estimate of drug-likeness (QED) is 0.730. The summed E-state index contributed by atoms with van der Waals surface area (Å²) in [6.07, 6.45) is 0. The second-order valence-electron chi connectivity index (χ2n) is 3.89. The van der Waals surface area contributed by atoms with Crippen LogP contribution in [0, 0.1) is 11.3 Å². The number of hydrogen-bond donors (Lipinski definition) is 3. The van der Waals surface area contributed by atoms with Crippen molar-refractivity contribution < 1.29 is 9.90 Å². The van der Waals surface area contributed by atoms with Crippen molar-refractivity contribution in [2.24, 2.45) is 0 Å². The number of carbonyl (C=O) groups is 1. The highest BCUT2D eigenvalue weighted by Gasteiger charge is 2.10. The number of benzene rings is 2. The summed E-state index contributed by atoms with van der Waals surface area (Å²) in [7, 11) is 0. The van der Waals surface area contributed by atoms with Gasteiger partial charge in [-0.2, -0.15) is 5.26 Å². The van der Waals surface area contributed by atoms with Crippen LogP contribution in [0.4, 0.5) is 17.1 Å². The molecule has 0 atom stereocenters. The lowest BCUT2D eigenvalue weighted by molar-refractivity contribution is 0.0698. The molecule has 0 aliphatic rings. The Hall–Kier alpha value is -3.00. The van der Waals surface area contributed by atoms with Gasteiger partial charge in [-0.1, -0.05) is 6.07 Å². The van der Waals surface area contributed by atoms with Crippen LogP contribution in [0.1, 0.15) is 15.9 Å². The zero-order chi connectivity index (χ0) is 13.8. The van der Waals surface area contributed by atoms with E-state index in [2.05, 4.69) is 5.32 Å². The molecule has 0 bridgehead atoms. The van der Waals surface area contributed by atoms with E-state index in [0.717, 1.165) is 5.69 Å². The molecule has 2 rings (SSSR count). The predicted octanol–water partition coefficient (Wildman–Crippen LogP) is 2.58. The fourth-order valence-corrected chi connectivity index (χ4v) is 1.64. The molecule has 0 saturated carbocycles. The number of aromatic carboxylic acids is 1. The van der Waals surface area contributed by atoms with Crippen LogP contribution in [0.5, 0.6) is 0 Å². The summed E-state index contributed by atoms with van der Waals surface area (Å²) in [4.78, 5) is 11.0. The van der Waals surface area contributed by atoms with E-state index in [4.69, 9.17) is 16.1 Å². The smallest absolute Gasteiger partial charge is 0.337 e. The van der Waals surface area contributed by atoms with Crippen LogP contribution in [-0.4, -0.2) is 11.1 Å². The minimum Gasteiger partial charge on any atom is -0.478 e. The molecule has 2 aromatic rings. The fourth-order valence-electron chi connectivity index (χ4n) is 1.64. The van der Waals surface area contributed by atoms with E-state index in [9.17, 15) is 4.79 Å². The fraction of sp³-hybridized carbons (Fsp3) is 0. The normalized spacial score (nSPS) is 9.63. The SMILES string of the molecule is N#Cc1ccc(Nc2cccc(C(=O)O)c2N)cc1. The highest BCUT2D eigenvalue weighted by atomic mass is 16.4. The molecule has 0 aliphatic carbocycles. The lowest BCUT2D eigenvalue weighted by Crippen LogP contribution is -2.05. The zero-order valence-electron chi connectivity index (χ0n) is 9.92. The Labute approximate surface area is 109 Å². The molecule has 4 N–H and O–H groups in total. The largest absolute Gasteiger partial charge is 0.478 e. The summed E-state index contributed by atoms with van der Waals surface area (Å²) in [5, 5.41) is 20.7. The molecule has 0 saturated heterocycles. The Bertz CT molecular complexity index is 657. The molecule has 0 aliphatic heterocycles. The highest BCUT2D eigenvalue weighted by molar-refractivity contribution is 5.97. The molecule has 94 valence electrons. The third-order valence-electron chi connectivity index (χ3n) is 2.63. The molecule has 0 radical (unpaired) electrons. The molecular formula is C14H11N3O2. The third-order valence-corrected chi connectivity index (χ3v) is 2.63. The van der Waals surface area contributed by atoms with Gasteiger partial charge in [-0.05, 0) is 36.4 Å². The molecule has 0 aromatic heterocycles. The van der Waals surface area contributed by atoms with E-state index in [1.54, 1.807) is 36.4 Å². The number of nitrogens with zero attached hydrogens (tertiary/aromatic N) is 1. The molecule has 19 heavy (non-hydrogen) atoms. The molecule has 0 fully saturated rings. The van der Waals surface area contributed by atoms with Gasteiger partial charge in [0.25, 0.3) is 0 Å². The average Bonchev–Trinajstić information content (AvgIpc) is 2.41. The number of carboxylic acids is 1. The van der Waals surface area contributed by atoms with Crippen LogP contribution in [-0.2, 0) is 0 Å². The number of hydrogen-bond acceptors (Lipinski definition) is 4. The molecule has 2 aromatic carbocycles. The van der Waals surface area contributed by atoms with Crippen LogP contribution in [0.3, 0.4) is 0 Å². The summed E-state index contributed by atoms with van der Waals surface area (Å²) in [6, 6.07) is 13.6. The first kappa shape index (κ1) is 12.5. The van der Waals surface area contributed by atoms with Gasteiger partial charge in [-0.15, -0.1) is 0 Å². The minimum atomic E-state index is -1.07. The van der Waals surface area contributed by atoms with E-state index in [-0.39, 0.29) is 11.3 Å². The second-order valence-corrected chi connectivity index (χ2v) is 3.89. The topological polar surface area (TPSA) is 99.1 Å². The summed E-state index contributed by atoms with van der Waals surface area (Å²) >= 11 is 0. The van der Waals surface area contributed by atoms with E-state index in [0.29, 0.717) is 11.3 Å². The van der Waals surface area contributed by atoms with Crippen molar-refractivity contribution >= 4 is 23.0 Å². The Kier molecular flexibility index (Phi) is 3.35. The maximum atomic E-state index is 11.0. The summed E-state index contributed by atoms with van der Waals surface area (Å²) in [5.74, 6) is -1.07. The molecule has 0 heterocycles. The van der Waals surface area contributed by atoms with Crippen molar-refractivity contribution in [2.75, 3.05) is 11.1 Å². The summed E-state index contributed by atoms with van der Waals surface area (Å²) in [5.41, 5.74) is 7.83. The Balaban J connectivity index is 2.30. The van der Waals surface area contributed by atoms with Crippen molar-refractivity contribution in [3.8, 4) is 6.07 Å². The van der Waals surface area contributed by atoms with E-state index in [1.807, 2.05) is 6.07 Å². The summed E-state index contributed by atoms with van der Waals surface area (Å²) < 4.78 is 0. The summed E-state index contributed by atoms with van der Waals surface area (Å²) in [6.45, 7) is 0. The van der Waals surface area contributed by atoms with Crippen molar-refractivity contribution in [1.82, 2.24) is 0 Å². The van der Waals surface area contributed by atoms with Gasteiger partial charge in [-0.25, -0.2) is 4.79 Å². The average molecular weight is 253 g/mol. The first-order valence-corrected chi connectivity index (χ1v) is 5.51. The lowest BCUT2D eigenvalue weighted by Gasteiger charge is -2.11. The van der Waals surface area contributed by atoms with Crippen LogP contribution in [0.15, 0.2) is 42.5 Å². The number of anilines is 3. The van der Waals surface area contributed by atoms with Crippen molar-refractivity contribution in [3.05, 3.63) is 53.6 Å². The van der Waals surface area contributed by atoms with Gasteiger partial charge in [0.05, 0.1) is 28.6 Å². The predicted molar refractivity (Wildman–Crippen MR) is 72.3 cm³/mol. The number of nitrogen functional groups attached to an aromatic ring is 1. The van der Waals surface area contributed by atoms with Crippen LogP contribution in [0.25, 0.3) is 0 Å². The maximum Gasteiger partial charge on any atom is 0.337 e. The van der Waals surface area contributed by atoms with Gasteiger partial charge >= 0.3 is 5.97 Å². The molecule has 0 unspecified atom stereocenters. The second kappa shape index (κ2) is 5.10. The van der Waals surface area contributed by atoms with Gasteiger partial charge in [0.15, 0.2) is 0 Å². The number of para-hydroxylation sites is 1. The molecule has 0 amide bonds. The number of rotatable bonds is 3. The van der Waals surface area contributed by atoms with Gasteiger partial charge in [-0.3, -0.25) is 0 Å². The first-order chi connectivity index (χ1) is 9.11. The highest BCUT2D eigenvalue weighted by Crippen LogP contribution is 2.26. The Morgan fingerprint density at radius 3 is 2.47 bits per heavy atom. The number of nitrogens with one attached hydrogen (secondary N) is 1. The standard InChI is InChI=1S/C14H11N3O2/c15-8-9-4-6-10(7-5-9)17-12-3-1-2-11(13(12)16)14(18)19/h1-7,17H,16H2,(H,18,19). The Morgan fingerprint density at radius 1 is 1.21 bits per heavy atom. The molecule has 5 nitrogen and oxygen atoms in total. The number of nitrogens with two attached hydrogens (primary N) is 1. The Morgan fingerprint density at radius 2 is 1.89 bits per heavy atom. The number of nitriles is 1. The van der Waals surface area contributed by atoms with Crippen molar-refractivity contribution in [3.63, 3.8) is 0 Å². The number of carboxylic acid groups (broad SMARTS) is 1. The lowest BCUT2D eigenvalue weighted by atomic mass is 10.1. The van der Waals surface area contributed by atoms with Gasteiger partial charge in [0.1, 0.15) is 0 Å². The monoisotopic (exact) mass is 253 g/mol. The van der Waals surface area contributed by atoms with E-state index in [1.165, 1.54) is 6.07 Å². The van der Waals surface area contributed by atoms with E-state index >= 15 is 0 Å². The maximum absolute atomic E-state index is 11.0. The van der Waals surface area contributed by atoms with Crippen LogP contribution in [0.2, 0.25) is 0 Å². The van der Waals surface area contributed by atoms with Crippen molar-refractivity contribution in [2.45, 2.75) is 0 Å².